The molecule has 0 radical (unpaired) electrons. The van der Waals surface area contributed by atoms with E-state index in [-0.39, 0.29) is 11.4 Å². The van der Waals surface area contributed by atoms with Crippen molar-refractivity contribution in [3.63, 3.8) is 0 Å². The van der Waals surface area contributed by atoms with Gasteiger partial charge in [-0.15, -0.1) is 0 Å². The minimum Gasteiger partial charge on any atom is -0.497 e. The molecule has 0 amide bonds. The number of fused-ring (bicyclic) bond motifs is 2. The third-order valence-corrected chi connectivity index (χ3v) is 5.94. The van der Waals surface area contributed by atoms with Crippen LogP contribution in [0.3, 0.4) is 0 Å². The lowest BCUT2D eigenvalue weighted by Gasteiger charge is -2.18. The average molecular weight is 388 g/mol. The van der Waals surface area contributed by atoms with Gasteiger partial charge in [-0.05, 0) is 42.3 Å². The summed E-state index contributed by atoms with van der Waals surface area (Å²) in [6, 6.07) is 10.4. The van der Waals surface area contributed by atoms with Crippen molar-refractivity contribution in [2.75, 3.05) is 26.9 Å². The molecule has 0 unspecified atom stereocenters. The van der Waals surface area contributed by atoms with Crippen LogP contribution in [-0.2, 0) is 16.4 Å². The van der Waals surface area contributed by atoms with Crippen molar-refractivity contribution in [2.24, 2.45) is 0 Å². The third-order valence-electron chi connectivity index (χ3n) is 4.48. The zero-order valence-corrected chi connectivity index (χ0v) is 15.6. The van der Waals surface area contributed by atoms with Crippen molar-refractivity contribution in [3.05, 3.63) is 48.2 Å². The average Bonchev–Trinajstić information content (AvgIpc) is 3.09. The van der Waals surface area contributed by atoms with Gasteiger partial charge in [-0.25, -0.2) is 13.1 Å². The Labute approximate surface area is 157 Å². The van der Waals surface area contributed by atoms with Gasteiger partial charge in [0.25, 0.3) is 0 Å². The molecule has 0 spiro atoms. The largest absolute Gasteiger partial charge is 0.497 e. The molecule has 0 fully saturated rings. The van der Waals surface area contributed by atoms with Crippen LogP contribution >= 0.6 is 0 Å². The highest BCUT2D eigenvalue weighted by Crippen LogP contribution is 2.32. The van der Waals surface area contributed by atoms with E-state index in [0.29, 0.717) is 31.1 Å². The molecule has 0 bridgehead atoms. The van der Waals surface area contributed by atoms with E-state index in [2.05, 4.69) is 9.71 Å². The number of rotatable bonds is 6. The fourth-order valence-electron chi connectivity index (χ4n) is 3.09. The lowest BCUT2D eigenvalue weighted by molar-refractivity contribution is 0.171. The number of aromatic amines is 1. The molecule has 8 heteroatoms. The Balaban J connectivity index is 1.47. The number of nitrogens with one attached hydrogen (secondary N) is 2. The topological polar surface area (TPSA) is 89.7 Å². The summed E-state index contributed by atoms with van der Waals surface area (Å²) in [5, 5.41) is 1.02. The van der Waals surface area contributed by atoms with Crippen LogP contribution in [0.4, 0.5) is 0 Å². The van der Waals surface area contributed by atoms with E-state index in [4.69, 9.17) is 14.2 Å². The van der Waals surface area contributed by atoms with Crippen molar-refractivity contribution in [1.29, 1.82) is 0 Å². The molecular weight excluding hydrogens is 368 g/mol. The van der Waals surface area contributed by atoms with E-state index in [9.17, 15) is 8.42 Å². The second-order valence-electron chi connectivity index (χ2n) is 6.18. The predicted molar refractivity (Wildman–Crippen MR) is 101 cm³/mol. The summed E-state index contributed by atoms with van der Waals surface area (Å²) in [4.78, 5) is 3.35. The van der Waals surface area contributed by atoms with E-state index in [1.807, 2.05) is 24.4 Å². The number of benzene rings is 2. The highest BCUT2D eigenvalue weighted by Gasteiger charge is 2.19. The number of hydrogen-bond donors (Lipinski definition) is 2. The number of ether oxygens (including phenoxy) is 3. The first-order chi connectivity index (χ1) is 13.1. The molecule has 0 atom stereocenters. The van der Waals surface area contributed by atoms with Crippen molar-refractivity contribution < 1.29 is 22.6 Å². The standard InChI is InChI=1S/C19H20N2O5S/c1-24-14-2-4-17-16(10-14)13(12-20-17)6-7-21-27(22,23)15-3-5-18-19(11-15)26-9-8-25-18/h2-5,10-12,20-21H,6-9H2,1H3. The Hall–Kier alpha value is -2.71. The molecule has 142 valence electrons. The number of H-pyrrole nitrogens is 1. The highest BCUT2D eigenvalue weighted by molar-refractivity contribution is 7.89. The Bertz CT molecular complexity index is 1070. The van der Waals surface area contributed by atoms with Crippen molar-refractivity contribution >= 4 is 20.9 Å². The van der Waals surface area contributed by atoms with Gasteiger partial charge in [0.2, 0.25) is 10.0 Å². The second-order valence-corrected chi connectivity index (χ2v) is 7.95. The molecule has 0 saturated carbocycles. The minimum absolute atomic E-state index is 0.160. The van der Waals surface area contributed by atoms with Gasteiger partial charge in [0.15, 0.2) is 11.5 Å². The van der Waals surface area contributed by atoms with E-state index >= 15 is 0 Å². The lowest BCUT2D eigenvalue weighted by Crippen LogP contribution is -2.26. The predicted octanol–water partition coefficient (Wildman–Crippen LogP) is 2.47. The van der Waals surface area contributed by atoms with E-state index in [0.717, 1.165) is 22.2 Å². The summed E-state index contributed by atoms with van der Waals surface area (Å²) in [7, 11) is -2.01. The SMILES string of the molecule is COc1ccc2[nH]cc(CCNS(=O)(=O)c3ccc4c(c3)OCCO4)c2c1. The zero-order valence-electron chi connectivity index (χ0n) is 14.8. The van der Waals surface area contributed by atoms with Crippen LogP contribution in [0.5, 0.6) is 17.2 Å². The van der Waals surface area contributed by atoms with Crippen LogP contribution in [0, 0.1) is 0 Å². The van der Waals surface area contributed by atoms with E-state index in [1.54, 1.807) is 13.2 Å². The van der Waals surface area contributed by atoms with Crippen LogP contribution in [0.2, 0.25) is 0 Å². The summed E-state index contributed by atoms with van der Waals surface area (Å²) in [6.45, 7) is 1.15. The molecule has 1 aliphatic rings. The summed E-state index contributed by atoms with van der Waals surface area (Å²) in [6.07, 6.45) is 2.44. The van der Waals surface area contributed by atoms with Crippen molar-refractivity contribution in [3.8, 4) is 17.2 Å². The van der Waals surface area contributed by atoms with Crippen molar-refractivity contribution in [1.82, 2.24) is 9.71 Å². The molecule has 3 aromatic rings. The van der Waals surface area contributed by atoms with Gasteiger partial charge in [0, 0.05) is 29.7 Å². The zero-order chi connectivity index (χ0) is 18.9. The molecule has 1 aromatic heterocycles. The molecule has 2 heterocycles. The molecular formula is C19H20N2O5S. The molecule has 2 N–H and O–H groups in total. The minimum atomic E-state index is -3.63. The van der Waals surface area contributed by atoms with Gasteiger partial charge in [-0.3, -0.25) is 0 Å². The number of hydrogen-bond acceptors (Lipinski definition) is 5. The number of methoxy groups -OCH3 is 1. The maximum Gasteiger partial charge on any atom is 0.240 e. The monoisotopic (exact) mass is 388 g/mol. The Morgan fingerprint density at radius 1 is 1.11 bits per heavy atom. The molecule has 2 aromatic carbocycles. The normalized spacial score (nSPS) is 13.7. The lowest BCUT2D eigenvalue weighted by atomic mass is 10.1. The Kier molecular flexibility index (Phi) is 4.67. The molecule has 4 rings (SSSR count). The maximum atomic E-state index is 12.6. The van der Waals surface area contributed by atoms with Crippen LogP contribution in [0.15, 0.2) is 47.5 Å². The first-order valence-corrected chi connectivity index (χ1v) is 10.1. The molecule has 0 saturated heterocycles. The number of aromatic nitrogens is 1. The molecule has 27 heavy (non-hydrogen) atoms. The maximum absolute atomic E-state index is 12.6. The summed E-state index contributed by atoms with van der Waals surface area (Å²) in [5.41, 5.74) is 2.01. The van der Waals surface area contributed by atoms with Crippen LogP contribution in [0.1, 0.15) is 5.56 Å². The summed E-state index contributed by atoms with van der Waals surface area (Å²) >= 11 is 0. The van der Waals surface area contributed by atoms with Gasteiger partial charge in [-0.1, -0.05) is 0 Å². The first-order valence-electron chi connectivity index (χ1n) is 8.60. The summed E-state index contributed by atoms with van der Waals surface area (Å²) < 4.78 is 43.9. The Morgan fingerprint density at radius 2 is 1.93 bits per heavy atom. The Morgan fingerprint density at radius 3 is 2.74 bits per heavy atom. The quantitative estimate of drug-likeness (QED) is 0.677. The van der Waals surface area contributed by atoms with E-state index in [1.165, 1.54) is 12.1 Å². The number of sulfonamides is 1. The van der Waals surface area contributed by atoms with Gasteiger partial charge in [0.1, 0.15) is 19.0 Å². The van der Waals surface area contributed by atoms with Crippen LogP contribution in [-0.4, -0.2) is 40.3 Å². The summed E-state index contributed by atoms with van der Waals surface area (Å²) in [5.74, 6) is 1.78. The second kappa shape index (κ2) is 7.13. The van der Waals surface area contributed by atoms with E-state index < -0.39 is 10.0 Å². The smallest absolute Gasteiger partial charge is 0.240 e. The fraction of sp³-hybridized carbons (Fsp3) is 0.263. The van der Waals surface area contributed by atoms with Gasteiger partial charge in [-0.2, -0.15) is 0 Å². The highest BCUT2D eigenvalue weighted by atomic mass is 32.2. The van der Waals surface area contributed by atoms with Crippen LogP contribution in [0.25, 0.3) is 10.9 Å². The van der Waals surface area contributed by atoms with Gasteiger partial charge in [0.05, 0.1) is 12.0 Å². The van der Waals surface area contributed by atoms with Crippen LogP contribution < -0.4 is 18.9 Å². The van der Waals surface area contributed by atoms with Gasteiger partial charge < -0.3 is 19.2 Å². The molecule has 7 nitrogen and oxygen atoms in total. The molecule has 0 aliphatic carbocycles. The van der Waals surface area contributed by atoms with Crippen molar-refractivity contribution in [2.45, 2.75) is 11.3 Å². The fourth-order valence-corrected chi connectivity index (χ4v) is 4.13. The third kappa shape index (κ3) is 3.58. The van der Waals surface area contributed by atoms with Gasteiger partial charge >= 0.3 is 0 Å². The first kappa shape index (κ1) is 17.7. The molecule has 1 aliphatic heterocycles.